The molecule has 2 aliphatic rings. The summed E-state index contributed by atoms with van der Waals surface area (Å²) in [5.74, 6) is 0.488. The van der Waals surface area contributed by atoms with Gasteiger partial charge in [-0.1, -0.05) is 6.92 Å². The van der Waals surface area contributed by atoms with E-state index in [1.165, 1.54) is 0 Å². The number of aliphatic hydroxyl groups is 1. The quantitative estimate of drug-likeness (QED) is 0.636. The van der Waals surface area contributed by atoms with Gasteiger partial charge in [0.2, 0.25) is 5.91 Å². The summed E-state index contributed by atoms with van der Waals surface area (Å²) in [7, 11) is 0. The Morgan fingerprint density at radius 3 is 2.88 bits per heavy atom. The molecule has 1 heterocycles. The van der Waals surface area contributed by atoms with Gasteiger partial charge in [-0.25, -0.2) is 0 Å². The topological polar surface area (TPSA) is 61.4 Å². The van der Waals surface area contributed by atoms with Gasteiger partial charge >= 0.3 is 0 Å². The molecular weight excluding hydrogens is 204 g/mol. The van der Waals surface area contributed by atoms with Crippen molar-refractivity contribution in [3.63, 3.8) is 0 Å². The predicted molar refractivity (Wildman–Crippen MR) is 62.0 cm³/mol. The van der Waals surface area contributed by atoms with Crippen LogP contribution >= 0.6 is 0 Å². The van der Waals surface area contributed by atoms with E-state index in [4.69, 9.17) is 0 Å². The average Bonchev–Trinajstić information content (AvgIpc) is 3.04. The molecule has 0 aromatic rings. The Kier molecular flexibility index (Phi) is 3.50. The lowest BCUT2D eigenvalue weighted by molar-refractivity contribution is -0.127. The lowest BCUT2D eigenvalue weighted by Crippen LogP contribution is -2.54. The van der Waals surface area contributed by atoms with Crippen LogP contribution in [0.5, 0.6) is 0 Å². The summed E-state index contributed by atoms with van der Waals surface area (Å²) in [6, 6.07) is 0. The van der Waals surface area contributed by atoms with E-state index in [1.807, 2.05) is 6.92 Å². The van der Waals surface area contributed by atoms with Gasteiger partial charge in [0.1, 0.15) is 0 Å². The normalized spacial score (nSPS) is 31.4. The van der Waals surface area contributed by atoms with E-state index < -0.39 is 0 Å². The molecule has 0 aromatic carbocycles. The number of carbonyl (C=O) groups excluding carboxylic acids is 1. The lowest BCUT2D eigenvalue weighted by atomic mass is 9.93. The number of hydrogen-bond acceptors (Lipinski definition) is 3. The van der Waals surface area contributed by atoms with Crippen LogP contribution in [0.1, 0.15) is 39.0 Å². The molecule has 92 valence electrons. The highest BCUT2D eigenvalue weighted by molar-refractivity contribution is 5.86. The van der Waals surface area contributed by atoms with Gasteiger partial charge in [0.05, 0.1) is 11.6 Å². The molecule has 2 fully saturated rings. The zero-order valence-electron chi connectivity index (χ0n) is 9.96. The van der Waals surface area contributed by atoms with Crippen LogP contribution < -0.4 is 10.6 Å². The highest BCUT2D eigenvalue weighted by Crippen LogP contribution is 2.32. The molecule has 0 spiro atoms. The van der Waals surface area contributed by atoms with Crippen LogP contribution in [0.25, 0.3) is 0 Å². The van der Waals surface area contributed by atoms with E-state index in [2.05, 4.69) is 10.6 Å². The van der Waals surface area contributed by atoms with Crippen molar-refractivity contribution >= 4 is 5.91 Å². The Balaban J connectivity index is 1.81. The SMILES string of the molecule is CCC1(C(=O)NCC(O)C2CC2)CCCN1. The fourth-order valence-corrected chi connectivity index (χ4v) is 2.48. The van der Waals surface area contributed by atoms with Crippen LogP contribution in [0, 0.1) is 5.92 Å². The van der Waals surface area contributed by atoms with Gasteiger partial charge in [-0.3, -0.25) is 4.79 Å². The van der Waals surface area contributed by atoms with E-state index in [0.717, 1.165) is 38.6 Å². The number of nitrogens with one attached hydrogen (secondary N) is 2. The molecule has 4 heteroatoms. The summed E-state index contributed by atoms with van der Waals surface area (Å²) < 4.78 is 0. The number of amides is 1. The molecule has 0 bridgehead atoms. The molecular formula is C12H22N2O2. The minimum Gasteiger partial charge on any atom is -0.391 e. The van der Waals surface area contributed by atoms with E-state index in [1.54, 1.807) is 0 Å². The molecule has 2 atom stereocenters. The van der Waals surface area contributed by atoms with E-state index in [0.29, 0.717) is 12.5 Å². The fraction of sp³-hybridized carbons (Fsp3) is 0.917. The van der Waals surface area contributed by atoms with Crippen molar-refractivity contribution in [2.24, 2.45) is 5.92 Å². The molecule has 1 saturated carbocycles. The molecule has 1 saturated heterocycles. The third-order valence-corrected chi connectivity index (χ3v) is 3.92. The van der Waals surface area contributed by atoms with Crippen LogP contribution in [0.3, 0.4) is 0 Å². The van der Waals surface area contributed by atoms with Gasteiger partial charge in [0.25, 0.3) is 0 Å². The minimum atomic E-state index is -0.372. The Bertz CT molecular complexity index is 258. The maximum absolute atomic E-state index is 12.1. The molecule has 1 aliphatic carbocycles. The maximum Gasteiger partial charge on any atom is 0.240 e. The number of rotatable bonds is 5. The van der Waals surface area contributed by atoms with E-state index in [-0.39, 0.29) is 17.6 Å². The summed E-state index contributed by atoms with van der Waals surface area (Å²) in [5, 5.41) is 15.9. The van der Waals surface area contributed by atoms with Gasteiger partial charge in [0, 0.05) is 6.54 Å². The van der Waals surface area contributed by atoms with Crippen molar-refractivity contribution in [2.45, 2.75) is 50.7 Å². The van der Waals surface area contributed by atoms with Gasteiger partial charge in [0.15, 0.2) is 0 Å². The molecule has 1 aliphatic heterocycles. The second-order valence-corrected chi connectivity index (χ2v) is 5.08. The molecule has 1 amide bonds. The Morgan fingerprint density at radius 1 is 1.62 bits per heavy atom. The van der Waals surface area contributed by atoms with Crippen LogP contribution in [0.15, 0.2) is 0 Å². The molecule has 2 unspecified atom stereocenters. The Labute approximate surface area is 96.8 Å². The van der Waals surface area contributed by atoms with E-state index in [9.17, 15) is 9.90 Å². The Morgan fingerprint density at radius 2 is 2.38 bits per heavy atom. The van der Waals surface area contributed by atoms with Crippen molar-refractivity contribution in [3.05, 3.63) is 0 Å². The summed E-state index contributed by atoms with van der Waals surface area (Å²) in [4.78, 5) is 12.1. The van der Waals surface area contributed by atoms with Crippen molar-refractivity contribution in [1.82, 2.24) is 10.6 Å². The molecule has 16 heavy (non-hydrogen) atoms. The predicted octanol–water partition coefficient (Wildman–Crippen LogP) is 0.406. The van der Waals surface area contributed by atoms with Gasteiger partial charge < -0.3 is 15.7 Å². The summed E-state index contributed by atoms with van der Waals surface area (Å²) in [5.41, 5.74) is -0.372. The monoisotopic (exact) mass is 226 g/mol. The minimum absolute atomic E-state index is 0.0622. The first-order chi connectivity index (χ1) is 7.68. The zero-order valence-corrected chi connectivity index (χ0v) is 9.96. The number of hydrogen-bond donors (Lipinski definition) is 3. The van der Waals surface area contributed by atoms with Crippen LogP contribution in [-0.2, 0) is 4.79 Å². The van der Waals surface area contributed by atoms with Gasteiger partial charge in [-0.15, -0.1) is 0 Å². The second kappa shape index (κ2) is 4.72. The number of carbonyl (C=O) groups is 1. The molecule has 3 N–H and O–H groups in total. The summed E-state index contributed by atoms with van der Waals surface area (Å²) in [6.07, 6.45) is 4.65. The van der Waals surface area contributed by atoms with Crippen molar-refractivity contribution in [2.75, 3.05) is 13.1 Å². The molecule has 0 radical (unpaired) electrons. The first-order valence-electron chi connectivity index (χ1n) is 6.39. The van der Waals surface area contributed by atoms with Crippen molar-refractivity contribution in [3.8, 4) is 0 Å². The summed E-state index contributed by atoms with van der Waals surface area (Å²) in [6.45, 7) is 3.37. The number of aliphatic hydroxyl groups excluding tert-OH is 1. The largest absolute Gasteiger partial charge is 0.391 e. The second-order valence-electron chi connectivity index (χ2n) is 5.08. The highest BCUT2D eigenvalue weighted by atomic mass is 16.3. The molecule has 0 aromatic heterocycles. The van der Waals surface area contributed by atoms with Crippen LogP contribution in [0.4, 0.5) is 0 Å². The fourth-order valence-electron chi connectivity index (χ4n) is 2.48. The van der Waals surface area contributed by atoms with E-state index >= 15 is 0 Å². The zero-order chi connectivity index (χ0) is 11.6. The van der Waals surface area contributed by atoms with Crippen LogP contribution in [0.2, 0.25) is 0 Å². The highest BCUT2D eigenvalue weighted by Gasteiger charge is 2.39. The lowest BCUT2D eigenvalue weighted by Gasteiger charge is -2.27. The first-order valence-corrected chi connectivity index (χ1v) is 6.39. The average molecular weight is 226 g/mol. The van der Waals surface area contributed by atoms with Crippen molar-refractivity contribution < 1.29 is 9.90 Å². The third-order valence-electron chi connectivity index (χ3n) is 3.92. The standard InChI is InChI=1S/C12H22N2O2/c1-2-12(6-3-7-14-12)11(16)13-8-10(15)9-4-5-9/h9-10,14-15H,2-8H2,1H3,(H,13,16). The van der Waals surface area contributed by atoms with Gasteiger partial charge in [-0.2, -0.15) is 0 Å². The molecule has 2 rings (SSSR count). The smallest absolute Gasteiger partial charge is 0.240 e. The van der Waals surface area contributed by atoms with Crippen molar-refractivity contribution in [1.29, 1.82) is 0 Å². The molecule has 4 nitrogen and oxygen atoms in total. The summed E-state index contributed by atoms with van der Waals surface area (Å²) >= 11 is 0. The van der Waals surface area contributed by atoms with Crippen LogP contribution in [-0.4, -0.2) is 35.7 Å². The Hall–Kier alpha value is -0.610. The third kappa shape index (κ3) is 2.38. The maximum atomic E-state index is 12.1. The van der Waals surface area contributed by atoms with Gasteiger partial charge in [-0.05, 0) is 44.6 Å². The first kappa shape index (κ1) is 11.9.